The first-order valence-corrected chi connectivity index (χ1v) is 25.7. The van der Waals surface area contributed by atoms with Crippen LogP contribution in [0.1, 0.15) is 162 Å². The normalized spacial score (nSPS) is 24.0. The molecule has 8 atom stereocenters. The summed E-state index contributed by atoms with van der Waals surface area (Å²) in [5, 5.41) is 31.0. The largest absolute Gasteiger partial charge is 0.508 e. The SMILES string of the molecule is CCC(C)CC(C)CCCCCCCCC(=O)NC1CCCNC(=O)C2CCCN2C(=O)C(CCC(N)=O)NC(=O)C(CCc2ccc(O)cc2)NC(=O)C2CCCN2C(=O)C(CC)NC1=O.CO. The smallest absolute Gasteiger partial charge is 0.245 e. The number of rotatable bonds is 20. The molecule has 18 heteroatoms. The fraction of sp³-hybridized carbons (Fsp3) is 0.725. The number of aliphatic hydroxyl groups is 1. The molecule has 0 saturated carbocycles. The molecule has 3 saturated heterocycles. The van der Waals surface area contributed by atoms with Crippen molar-refractivity contribution in [2.75, 3.05) is 26.7 Å². The molecule has 388 valence electrons. The minimum absolute atomic E-state index is 0.0601. The van der Waals surface area contributed by atoms with E-state index in [1.807, 2.05) is 0 Å². The van der Waals surface area contributed by atoms with E-state index in [1.165, 1.54) is 54.0 Å². The third-order valence-electron chi connectivity index (χ3n) is 13.8. The maximum absolute atomic E-state index is 14.2. The first kappa shape index (κ1) is 58.1. The van der Waals surface area contributed by atoms with Crippen LogP contribution in [0.15, 0.2) is 24.3 Å². The second-order valence-corrected chi connectivity index (χ2v) is 19.2. The highest BCUT2D eigenvalue weighted by Crippen LogP contribution is 2.24. The summed E-state index contributed by atoms with van der Waals surface area (Å²) in [6, 6.07) is 0.119. The first-order valence-electron chi connectivity index (χ1n) is 25.7. The zero-order valence-electron chi connectivity index (χ0n) is 42.0. The summed E-state index contributed by atoms with van der Waals surface area (Å²) >= 11 is 0. The van der Waals surface area contributed by atoms with E-state index in [0.717, 1.165) is 43.8 Å². The second-order valence-electron chi connectivity index (χ2n) is 19.2. The average Bonchev–Trinajstić information content (AvgIpc) is 4.04. The van der Waals surface area contributed by atoms with Gasteiger partial charge in [-0.05, 0) is 107 Å². The minimum Gasteiger partial charge on any atom is -0.508 e. The molecule has 69 heavy (non-hydrogen) atoms. The van der Waals surface area contributed by atoms with E-state index in [-0.39, 0.29) is 69.8 Å². The molecule has 3 fully saturated rings. The lowest BCUT2D eigenvalue weighted by molar-refractivity contribution is -0.143. The van der Waals surface area contributed by atoms with Crippen LogP contribution in [0, 0.1) is 11.8 Å². The first-order chi connectivity index (χ1) is 33.1. The van der Waals surface area contributed by atoms with Gasteiger partial charge in [-0.3, -0.25) is 38.4 Å². The molecule has 8 unspecified atom stereocenters. The standard InChI is InChI=1S/C50H80N8O9.CH4O/c1-5-33(3)32-34(4)16-11-9-7-8-10-12-20-44(61)53-38-17-13-29-52-47(64)41-18-14-30-57(41)50(67)40(27-28-43(51)60)56-46(63)39(26-23-35-21-24-36(59)25-22-35)55-48(65)42-19-15-31-58(42)49(66)37(6-2)54-45(38)62;1-2/h21-22,24-25,33-34,37-42,59H,5-20,23,26-32H2,1-4H3,(H2,51,60)(H,52,64)(H,53,61)(H,54,62)(H,55,65)(H,56,63);2H,1H3. The lowest BCUT2D eigenvalue weighted by atomic mass is 9.91. The number of aliphatic hydroxyl groups excluding tert-OH is 1. The van der Waals surface area contributed by atoms with Crippen molar-refractivity contribution in [2.24, 2.45) is 17.6 Å². The van der Waals surface area contributed by atoms with Gasteiger partial charge in [-0.2, -0.15) is 0 Å². The predicted molar refractivity (Wildman–Crippen MR) is 263 cm³/mol. The van der Waals surface area contributed by atoms with E-state index >= 15 is 0 Å². The molecule has 3 aliphatic heterocycles. The third-order valence-corrected chi connectivity index (χ3v) is 13.8. The fourth-order valence-corrected chi connectivity index (χ4v) is 9.57. The van der Waals surface area contributed by atoms with E-state index in [2.05, 4.69) is 47.4 Å². The Morgan fingerprint density at radius 1 is 0.696 bits per heavy atom. The van der Waals surface area contributed by atoms with Crippen LogP contribution in [0.5, 0.6) is 5.75 Å². The number of carbonyl (C=O) groups is 8. The lowest BCUT2D eigenvalue weighted by Gasteiger charge is -2.31. The summed E-state index contributed by atoms with van der Waals surface area (Å²) in [5.41, 5.74) is 6.25. The van der Waals surface area contributed by atoms with Gasteiger partial charge in [0, 0.05) is 39.6 Å². The maximum atomic E-state index is 14.2. The maximum Gasteiger partial charge on any atom is 0.245 e. The van der Waals surface area contributed by atoms with E-state index in [4.69, 9.17) is 10.8 Å². The van der Waals surface area contributed by atoms with E-state index < -0.39 is 77.6 Å². The van der Waals surface area contributed by atoms with Crippen LogP contribution in [0.25, 0.3) is 0 Å². The number of unbranched alkanes of at least 4 members (excludes halogenated alkanes) is 5. The van der Waals surface area contributed by atoms with Crippen molar-refractivity contribution in [3.63, 3.8) is 0 Å². The van der Waals surface area contributed by atoms with Gasteiger partial charge in [-0.25, -0.2) is 0 Å². The minimum atomic E-state index is -1.25. The van der Waals surface area contributed by atoms with E-state index in [0.29, 0.717) is 44.9 Å². The number of fused-ring (bicyclic) bond motifs is 2. The number of nitrogens with zero attached hydrogens (tertiary/aromatic N) is 2. The number of aromatic hydroxyl groups is 1. The number of amides is 8. The van der Waals surface area contributed by atoms with Gasteiger partial charge in [0.25, 0.3) is 0 Å². The lowest BCUT2D eigenvalue weighted by Crippen LogP contribution is -2.59. The molecule has 0 spiro atoms. The molecule has 18 nitrogen and oxygen atoms in total. The van der Waals surface area contributed by atoms with Gasteiger partial charge in [0.1, 0.15) is 42.0 Å². The van der Waals surface area contributed by atoms with Crippen LogP contribution in [-0.2, 0) is 44.8 Å². The van der Waals surface area contributed by atoms with Crippen LogP contribution < -0.4 is 32.3 Å². The molecule has 8 amide bonds. The Balaban J connectivity index is 0.00000622. The average molecular weight is 969 g/mol. The number of aryl methyl sites for hydroxylation is 1. The number of nitrogens with two attached hydrogens (primary N) is 1. The number of nitrogens with one attached hydrogen (secondary N) is 5. The third kappa shape index (κ3) is 19.6. The van der Waals surface area contributed by atoms with Crippen LogP contribution >= 0.6 is 0 Å². The number of primary amides is 1. The topological polar surface area (TPSA) is 270 Å². The quantitative estimate of drug-likeness (QED) is 0.0880. The Morgan fingerprint density at radius 2 is 1.28 bits per heavy atom. The summed E-state index contributed by atoms with van der Waals surface area (Å²) < 4.78 is 0. The molecular formula is C51H84N8O10. The van der Waals surface area contributed by atoms with Gasteiger partial charge in [-0.1, -0.05) is 84.8 Å². The van der Waals surface area contributed by atoms with Crippen molar-refractivity contribution in [3.8, 4) is 5.75 Å². The number of carbonyl (C=O) groups excluding carboxylic acids is 8. The van der Waals surface area contributed by atoms with Crippen molar-refractivity contribution in [2.45, 2.75) is 199 Å². The number of hydrogen-bond acceptors (Lipinski definition) is 10. The monoisotopic (exact) mass is 969 g/mol. The highest BCUT2D eigenvalue weighted by molar-refractivity contribution is 5.97. The van der Waals surface area contributed by atoms with Crippen molar-refractivity contribution < 1.29 is 48.6 Å². The van der Waals surface area contributed by atoms with Crippen LogP contribution in [0.3, 0.4) is 0 Å². The molecule has 0 aliphatic carbocycles. The Hall–Kier alpha value is -5.26. The number of hydrogen-bond donors (Lipinski definition) is 8. The van der Waals surface area contributed by atoms with Crippen LogP contribution in [0.4, 0.5) is 0 Å². The molecule has 4 rings (SSSR count). The highest BCUT2D eigenvalue weighted by Gasteiger charge is 2.41. The Kier molecular flexibility index (Phi) is 26.1. The van der Waals surface area contributed by atoms with Gasteiger partial charge >= 0.3 is 0 Å². The predicted octanol–water partition coefficient (Wildman–Crippen LogP) is 3.63. The van der Waals surface area contributed by atoms with Gasteiger partial charge in [0.05, 0.1) is 0 Å². The zero-order chi connectivity index (χ0) is 50.9. The van der Waals surface area contributed by atoms with Gasteiger partial charge in [-0.15, -0.1) is 0 Å². The zero-order valence-corrected chi connectivity index (χ0v) is 42.0. The molecule has 0 bridgehead atoms. The van der Waals surface area contributed by atoms with E-state index in [9.17, 15) is 43.5 Å². The van der Waals surface area contributed by atoms with Crippen molar-refractivity contribution in [3.05, 3.63) is 29.8 Å². The van der Waals surface area contributed by atoms with Crippen molar-refractivity contribution in [1.29, 1.82) is 0 Å². The number of phenols is 1. The summed E-state index contributed by atoms with van der Waals surface area (Å²) in [6.45, 7) is 9.25. The summed E-state index contributed by atoms with van der Waals surface area (Å²) in [6.07, 6.45) is 12.4. The Labute approximate surface area is 409 Å². The molecule has 1 aromatic rings. The Morgan fingerprint density at radius 3 is 1.90 bits per heavy atom. The highest BCUT2D eigenvalue weighted by atomic mass is 16.3. The summed E-state index contributed by atoms with van der Waals surface area (Å²) in [7, 11) is 1.00. The molecule has 0 radical (unpaired) electrons. The number of phenolic OH excluding ortho intramolecular Hbond substituents is 1. The molecule has 3 aliphatic rings. The van der Waals surface area contributed by atoms with Gasteiger partial charge in [0.2, 0.25) is 47.3 Å². The molecule has 1 aromatic carbocycles. The molecule has 3 heterocycles. The number of benzene rings is 1. The second kappa shape index (κ2) is 31.1. The van der Waals surface area contributed by atoms with Crippen LogP contribution in [-0.4, -0.2) is 130 Å². The summed E-state index contributed by atoms with van der Waals surface area (Å²) in [4.78, 5) is 112. The Bertz CT molecular complexity index is 1810. The van der Waals surface area contributed by atoms with Gasteiger partial charge < -0.3 is 52.3 Å². The fourth-order valence-electron chi connectivity index (χ4n) is 9.57. The van der Waals surface area contributed by atoms with E-state index in [1.54, 1.807) is 19.1 Å². The van der Waals surface area contributed by atoms with Crippen LogP contribution in [0.2, 0.25) is 0 Å². The molecular weight excluding hydrogens is 885 g/mol. The van der Waals surface area contributed by atoms with Gasteiger partial charge in [0.15, 0.2) is 0 Å². The molecule has 0 aromatic heterocycles. The molecule has 9 N–H and O–H groups in total. The van der Waals surface area contributed by atoms with Crippen molar-refractivity contribution >= 4 is 47.3 Å². The summed E-state index contributed by atoms with van der Waals surface area (Å²) in [5.74, 6) is -2.70. The van der Waals surface area contributed by atoms with Crippen molar-refractivity contribution in [1.82, 2.24) is 36.4 Å².